The SMILES string of the molecule is Cc1cccc2c1OCCOc1nc(c3cc(Cl)ncc3n1)N[C@@H]2C. The van der Waals surface area contributed by atoms with E-state index < -0.39 is 0 Å². The average Bonchev–Trinajstić information content (AvgIpc) is 2.61. The van der Waals surface area contributed by atoms with Gasteiger partial charge in [0.05, 0.1) is 17.8 Å². The van der Waals surface area contributed by atoms with Gasteiger partial charge >= 0.3 is 6.01 Å². The van der Waals surface area contributed by atoms with Gasteiger partial charge in [-0.05, 0) is 25.5 Å². The van der Waals surface area contributed by atoms with Gasteiger partial charge in [0.2, 0.25) is 0 Å². The molecule has 2 bridgehead atoms. The second kappa shape index (κ2) is 6.37. The zero-order valence-corrected chi connectivity index (χ0v) is 14.7. The standard InChI is InChI=1S/C18H17ClN4O2/c1-10-4-3-5-12-11(2)21-17-13-8-15(19)20-9-14(13)22-18(23-17)25-7-6-24-16(10)12/h3-5,8-9,11H,6-7H2,1-2H3,(H,21,22,23)/t11-/m1/s1. The lowest BCUT2D eigenvalue weighted by atomic mass is 10.0. The highest BCUT2D eigenvalue weighted by atomic mass is 35.5. The minimum atomic E-state index is -0.0223. The van der Waals surface area contributed by atoms with Crippen LogP contribution < -0.4 is 14.8 Å². The molecular formula is C18H17ClN4O2. The number of halogens is 1. The number of nitrogens with zero attached hydrogens (tertiary/aromatic N) is 3. The number of hydrogen-bond acceptors (Lipinski definition) is 6. The Bertz CT molecular complexity index is 948. The van der Waals surface area contributed by atoms with Crippen molar-refractivity contribution in [2.75, 3.05) is 18.5 Å². The molecule has 0 saturated carbocycles. The quantitative estimate of drug-likeness (QED) is 0.615. The number of pyridine rings is 1. The number of benzene rings is 1. The largest absolute Gasteiger partial charge is 0.489 e. The zero-order chi connectivity index (χ0) is 17.4. The van der Waals surface area contributed by atoms with Crippen LogP contribution in [0.3, 0.4) is 0 Å². The van der Waals surface area contributed by atoms with Crippen LogP contribution in [0.4, 0.5) is 5.82 Å². The number of aryl methyl sites for hydroxylation is 1. The van der Waals surface area contributed by atoms with Gasteiger partial charge in [0.15, 0.2) is 0 Å². The number of fused-ring (bicyclic) bond motifs is 5. The maximum atomic E-state index is 6.06. The predicted octanol–water partition coefficient (Wildman–Crippen LogP) is 3.93. The van der Waals surface area contributed by atoms with Crippen molar-refractivity contribution in [3.05, 3.63) is 46.7 Å². The van der Waals surface area contributed by atoms with Gasteiger partial charge in [-0.2, -0.15) is 9.97 Å². The molecule has 2 aromatic heterocycles. The minimum Gasteiger partial charge on any atom is -0.489 e. The topological polar surface area (TPSA) is 69.2 Å². The van der Waals surface area contributed by atoms with E-state index in [1.807, 2.05) is 19.1 Å². The van der Waals surface area contributed by atoms with E-state index in [0.29, 0.717) is 29.7 Å². The summed E-state index contributed by atoms with van der Waals surface area (Å²) >= 11 is 6.06. The van der Waals surface area contributed by atoms with Gasteiger partial charge in [0, 0.05) is 10.9 Å². The molecule has 3 aromatic rings. The highest BCUT2D eigenvalue weighted by Crippen LogP contribution is 2.33. The molecule has 0 saturated heterocycles. The molecule has 0 unspecified atom stereocenters. The van der Waals surface area contributed by atoms with Gasteiger partial charge in [-0.25, -0.2) is 4.98 Å². The Morgan fingerprint density at radius 3 is 2.92 bits per heavy atom. The number of para-hydroxylation sites is 1. The van der Waals surface area contributed by atoms with Crippen molar-refractivity contribution in [1.29, 1.82) is 0 Å². The molecule has 0 amide bonds. The summed E-state index contributed by atoms with van der Waals surface area (Å²) in [6, 6.07) is 8.13. The Morgan fingerprint density at radius 1 is 1.20 bits per heavy atom. The van der Waals surface area contributed by atoms with Crippen LogP contribution in [0.1, 0.15) is 24.1 Å². The molecule has 7 heteroatoms. The highest BCUT2D eigenvalue weighted by Gasteiger charge is 2.18. The molecule has 3 heterocycles. The summed E-state index contributed by atoms with van der Waals surface area (Å²) in [5.41, 5.74) is 2.82. The predicted molar refractivity (Wildman–Crippen MR) is 96.5 cm³/mol. The molecule has 1 aliphatic rings. The smallest absolute Gasteiger partial charge is 0.319 e. The zero-order valence-electron chi connectivity index (χ0n) is 13.9. The molecule has 0 radical (unpaired) electrons. The van der Waals surface area contributed by atoms with Crippen LogP contribution in [-0.4, -0.2) is 28.2 Å². The third-order valence-electron chi connectivity index (χ3n) is 4.15. The average molecular weight is 357 g/mol. The van der Waals surface area contributed by atoms with Crippen molar-refractivity contribution in [2.45, 2.75) is 19.9 Å². The van der Waals surface area contributed by atoms with Crippen molar-refractivity contribution >= 4 is 28.3 Å². The first-order valence-corrected chi connectivity index (χ1v) is 8.44. The molecular weight excluding hydrogens is 340 g/mol. The number of ether oxygens (including phenoxy) is 2. The van der Waals surface area contributed by atoms with Crippen LogP contribution >= 0.6 is 11.6 Å². The van der Waals surface area contributed by atoms with Crippen molar-refractivity contribution in [3.63, 3.8) is 0 Å². The van der Waals surface area contributed by atoms with E-state index in [1.54, 1.807) is 12.3 Å². The first kappa shape index (κ1) is 15.9. The van der Waals surface area contributed by atoms with E-state index in [4.69, 9.17) is 21.1 Å². The fraction of sp³-hybridized carbons (Fsp3) is 0.278. The van der Waals surface area contributed by atoms with Crippen LogP contribution in [0.5, 0.6) is 11.8 Å². The molecule has 25 heavy (non-hydrogen) atoms. The van der Waals surface area contributed by atoms with Gasteiger partial charge in [-0.3, -0.25) is 0 Å². The van der Waals surface area contributed by atoms with E-state index in [9.17, 15) is 0 Å². The van der Waals surface area contributed by atoms with E-state index in [1.165, 1.54) is 0 Å². The molecule has 0 spiro atoms. The van der Waals surface area contributed by atoms with Gasteiger partial charge in [-0.15, -0.1) is 0 Å². The highest BCUT2D eigenvalue weighted by molar-refractivity contribution is 6.30. The summed E-state index contributed by atoms with van der Waals surface area (Å²) < 4.78 is 11.6. The van der Waals surface area contributed by atoms with Gasteiger partial charge in [0.25, 0.3) is 0 Å². The summed E-state index contributed by atoms with van der Waals surface area (Å²) in [6.07, 6.45) is 1.62. The van der Waals surface area contributed by atoms with Crippen LogP contribution in [-0.2, 0) is 0 Å². The normalized spacial score (nSPS) is 16.8. The number of rotatable bonds is 0. The van der Waals surface area contributed by atoms with Gasteiger partial charge in [0.1, 0.15) is 29.9 Å². The van der Waals surface area contributed by atoms with Crippen molar-refractivity contribution in [3.8, 4) is 11.8 Å². The van der Waals surface area contributed by atoms with Crippen LogP contribution in [0.2, 0.25) is 5.15 Å². The molecule has 6 nitrogen and oxygen atoms in total. The van der Waals surface area contributed by atoms with Crippen LogP contribution in [0.15, 0.2) is 30.5 Å². The lowest BCUT2D eigenvalue weighted by Gasteiger charge is -2.20. The number of hydrogen-bond donors (Lipinski definition) is 1. The molecule has 1 aromatic carbocycles. The second-order valence-electron chi connectivity index (χ2n) is 5.94. The molecule has 1 aliphatic heterocycles. The fourth-order valence-corrected chi connectivity index (χ4v) is 3.09. The Morgan fingerprint density at radius 2 is 2.04 bits per heavy atom. The molecule has 0 aliphatic carbocycles. The third-order valence-corrected chi connectivity index (χ3v) is 4.36. The Hall–Kier alpha value is -2.60. The summed E-state index contributed by atoms with van der Waals surface area (Å²) in [4.78, 5) is 13.0. The Balaban J connectivity index is 1.86. The summed E-state index contributed by atoms with van der Waals surface area (Å²) in [7, 11) is 0. The Kier molecular flexibility index (Phi) is 4.05. The molecule has 0 fully saturated rings. The van der Waals surface area contributed by atoms with E-state index >= 15 is 0 Å². The van der Waals surface area contributed by atoms with Gasteiger partial charge in [-0.1, -0.05) is 29.8 Å². The number of nitrogens with one attached hydrogen (secondary N) is 1. The minimum absolute atomic E-state index is 0.0223. The number of aromatic nitrogens is 3. The van der Waals surface area contributed by atoms with E-state index in [0.717, 1.165) is 22.3 Å². The van der Waals surface area contributed by atoms with Crippen molar-refractivity contribution in [1.82, 2.24) is 15.0 Å². The van der Waals surface area contributed by atoms with Crippen molar-refractivity contribution in [2.24, 2.45) is 0 Å². The van der Waals surface area contributed by atoms with Crippen LogP contribution in [0.25, 0.3) is 10.9 Å². The summed E-state index contributed by atoms with van der Waals surface area (Å²) in [5.74, 6) is 1.53. The number of anilines is 1. The Labute approximate surface area is 150 Å². The molecule has 1 N–H and O–H groups in total. The van der Waals surface area contributed by atoms with Crippen LogP contribution in [0, 0.1) is 6.92 Å². The first-order chi connectivity index (χ1) is 12.1. The summed E-state index contributed by atoms with van der Waals surface area (Å²) in [5, 5.41) is 4.63. The lowest BCUT2D eigenvalue weighted by molar-refractivity contribution is 0.205. The first-order valence-electron chi connectivity index (χ1n) is 8.07. The van der Waals surface area contributed by atoms with Gasteiger partial charge < -0.3 is 14.8 Å². The third kappa shape index (κ3) is 3.05. The van der Waals surface area contributed by atoms with E-state index in [-0.39, 0.29) is 12.1 Å². The monoisotopic (exact) mass is 356 g/mol. The maximum absolute atomic E-state index is 6.06. The molecule has 4 rings (SSSR count). The molecule has 1 atom stereocenters. The second-order valence-corrected chi connectivity index (χ2v) is 6.32. The lowest BCUT2D eigenvalue weighted by Crippen LogP contribution is -2.12. The van der Waals surface area contributed by atoms with E-state index in [2.05, 4.69) is 33.3 Å². The molecule has 128 valence electrons. The fourth-order valence-electron chi connectivity index (χ4n) is 2.93. The maximum Gasteiger partial charge on any atom is 0.319 e. The summed E-state index contributed by atoms with van der Waals surface area (Å²) in [6.45, 7) is 4.87. The van der Waals surface area contributed by atoms with Crippen molar-refractivity contribution < 1.29 is 9.47 Å².